The molecule has 3 unspecified atom stereocenters. The number of hydrogen-bond acceptors (Lipinski definition) is 5. The number of nitrogens with zero attached hydrogens (tertiary/aromatic N) is 3. The third-order valence-corrected chi connectivity index (χ3v) is 5.86. The quantitative estimate of drug-likeness (QED) is 0.750. The highest BCUT2D eigenvalue weighted by Gasteiger charge is 2.43. The number of carbonyl (C=O) groups excluding carboxylic acids is 1. The molecular formula is C14H17N3O3S. The zero-order valence-electron chi connectivity index (χ0n) is 11.6. The Morgan fingerprint density at radius 1 is 1.38 bits per heavy atom. The molecule has 1 aromatic heterocycles. The van der Waals surface area contributed by atoms with Crippen LogP contribution in [0.15, 0.2) is 16.1 Å². The van der Waals surface area contributed by atoms with E-state index in [1.807, 2.05) is 0 Å². The van der Waals surface area contributed by atoms with E-state index in [-0.39, 0.29) is 29.1 Å². The third-order valence-electron chi connectivity index (χ3n) is 4.89. The van der Waals surface area contributed by atoms with Crippen LogP contribution in [0.3, 0.4) is 0 Å². The first-order valence-corrected chi connectivity index (χ1v) is 8.33. The minimum atomic E-state index is -0.302. The van der Waals surface area contributed by atoms with Gasteiger partial charge in [0.1, 0.15) is 5.56 Å². The number of thioether (sulfide) groups is 1. The Morgan fingerprint density at radius 2 is 2.24 bits per heavy atom. The SMILES string of the molecule is O=C(c1cnc2n(c1=O)CCS2)N1CC2CCC(O)C2C1. The molecule has 1 amide bonds. The van der Waals surface area contributed by atoms with Crippen LogP contribution in [-0.4, -0.2) is 50.4 Å². The van der Waals surface area contributed by atoms with Crippen LogP contribution in [0.25, 0.3) is 0 Å². The summed E-state index contributed by atoms with van der Waals surface area (Å²) in [6.45, 7) is 1.83. The van der Waals surface area contributed by atoms with Crippen molar-refractivity contribution >= 4 is 17.7 Å². The Kier molecular flexibility index (Phi) is 3.08. The first-order valence-electron chi connectivity index (χ1n) is 7.35. The minimum Gasteiger partial charge on any atom is -0.393 e. The van der Waals surface area contributed by atoms with Gasteiger partial charge in [-0.1, -0.05) is 11.8 Å². The molecule has 0 aromatic carbocycles. The molecule has 6 nitrogen and oxygen atoms in total. The molecule has 1 aliphatic carbocycles. The number of aliphatic hydroxyl groups is 1. The van der Waals surface area contributed by atoms with Crippen molar-refractivity contribution in [2.45, 2.75) is 30.6 Å². The predicted molar refractivity (Wildman–Crippen MR) is 77.3 cm³/mol. The van der Waals surface area contributed by atoms with E-state index in [0.29, 0.717) is 30.7 Å². The molecule has 0 spiro atoms. The van der Waals surface area contributed by atoms with Crippen molar-refractivity contribution in [3.63, 3.8) is 0 Å². The van der Waals surface area contributed by atoms with Gasteiger partial charge in [-0.3, -0.25) is 14.2 Å². The second-order valence-corrected chi connectivity index (χ2v) is 7.10. The van der Waals surface area contributed by atoms with Gasteiger partial charge >= 0.3 is 0 Å². The standard InChI is InChI=1S/C14H17N3O3S/c18-11-2-1-8-6-16(7-10(8)11)12(19)9-5-15-14-17(13(9)20)3-4-21-14/h5,8,10-11,18H,1-4,6-7H2. The van der Waals surface area contributed by atoms with Gasteiger partial charge in [-0.15, -0.1) is 0 Å². The molecule has 112 valence electrons. The molecule has 1 saturated heterocycles. The number of likely N-dealkylation sites (tertiary alicyclic amines) is 1. The molecule has 2 aliphatic heterocycles. The fraction of sp³-hybridized carbons (Fsp3) is 0.643. The highest BCUT2D eigenvalue weighted by molar-refractivity contribution is 7.99. The molecule has 0 bridgehead atoms. The molecule has 3 atom stereocenters. The van der Waals surface area contributed by atoms with Gasteiger partial charge in [0.15, 0.2) is 5.16 Å². The largest absolute Gasteiger partial charge is 0.393 e. The molecule has 3 heterocycles. The van der Waals surface area contributed by atoms with E-state index < -0.39 is 0 Å². The number of carbonyl (C=O) groups is 1. The highest BCUT2D eigenvalue weighted by atomic mass is 32.2. The summed E-state index contributed by atoms with van der Waals surface area (Å²) in [7, 11) is 0. The summed E-state index contributed by atoms with van der Waals surface area (Å²) < 4.78 is 1.59. The lowest BCUT2D eigenvalue weighted by Gasteiger charge is -2.18. The van der Waals surface area contributed by atoms with Crippen LogP contribution in [0.2, 0.25) is 0 Å². The molecule has 4 rings (SSSR count). The summed E-state index contributed by atoms with van der Waals surface area (Å²) in [5.74, 6) is 1.15. The predicted octanol–water partition coefficient (Wildman–Crippen LogP) is 0.192. The third kappa shape index (κ3) is 2.02. The van der Waals surface area contributed by atoms with E-state index in [4.69, 9.17) is 0 Å². The summed E-state index contributed by atoms with van der Waals surface area (Å²) in [6.07, 6.45) is 2.91. The summed E-state index contributed by atoms with van der Waals surface area (Å²) in [5.41, 5.74) is -0.0664. The minimum absolute atomic E-state index is 0.163. The maximum Gasteiger partial charge on any atom is 0.267 e. The summed E-state index contributed by atoms with van der Waals surface area (Å²) >= 11 is 1.54. The van der Waals surface area contributed by atoms with E-state index in [9.17, 15) is 14.7 Å². The van der Waals surface area contributed by atoms with Crippen molar-refractivity contribution in [3.05, 3.63) is 22.1 Å². The first-order chi connectivity index (χ1) is 10.1. The maximum atomic E-state index is 12.6. The Hall–Kier alpha value is -1.34. The van der Waals surface area contributed by atoms with Gasteiger partial charge in [-0.25, -0.2) is 4.98 Å². The van der Waals surface area contributed by atoms with Crippen LogP contribution in [-0.2, 0) is 6.54 Å². The van der Waals surface area contributed by atoms with Crippen molar-refractivity contribution < 1.29 is 9.90 Å². The van der Waals surface area contributed by atoms with Crippen LogP contribution in [0, 0.1) is 11.8 Å². The zero-order chi connectivity index (χ0) is 14.6. The second kappa shape index (κ2) is 4.84. The van der Waals surface area contributed by atoms with Gasteiger partial charge in [0.2, 0.25) is 0 Å². The molecule has 7 heteroatoms. The smallest absolute Gasteiger partial charge is 0.267 e. The van der Waals surface area contributed by atoms with Crippen LogP contribution >= 0.6 is 11.8 Å². The molecule has 21 heavy (non-hydrogen) atoms. The van der Waals surface area contributed by atoms with Gasteiger partial charge in [-0.2, -0.15) is 0 Å². The molecule has 3 aliphatic rings. The van der Waals surface area contributed by atoms with Crippen LogP contribution in [0.1, 0.15) is 23.2 Å². The number of hydrogen-bond donors (Lipinski definition) is 1. The number of amides is 1. The molecule has 0 radical (unpaired) electrons. The van der Waals surface area contributed by atoms with Gasteiger partial charge in [0.25, 0.3) is 11.5 Å². The van der Waals surface area contributed by atoms with E-state index in [2.05, 4.69) is 4.98 Å². The van der Waals surface area contributed by atoms with E-state index in [1.165, 1.54) is 6.20 Å². The summed E-state index contributed by atoms with van der Waals surface area (Å²) in [5, 5.41) is 10.6. The Labute approximate surface area is 126 Å². The van der Waals surface area contributed by atoms with Gasteiger partial charge in [-0.05, 0) is 18.8 Å². The summed E-state index contributed by atoms with van der Waals surface area (Å²) in [6, 6.07) is 0. The number of rotatable bonds is 1. The van der Waals surface area contributed by atoms with Gasteiger partial charge in [0, 0.05) is 37.5 Å². The van der Waals surface area contributed by atoms with Crippen molar-refractivity contribution in [1.82, 2.24) is 14.5 Å². The topological polar surface area (TPSA) is 75.4 Å². The molecule has 1 saturated carbocycles. The second-order valence-electron chi connectivity index (χ2n) is 6.04. The van der Waals surface area contributed by atoms with Crippen molar-refractivity contribution in [1.29, 1.82) is 0 Å². The summed E-state index contributed by atoms with van der Waals surface area (Å²) in [4.78, 5) is 30.9. The maximum absolute atomic E-state index is 12.6. The number of aliphatic hydroxyl groups excluding tert-OH is 1. The number of aromatic nitrogens is 2. The first kappa shape index (κ1) is 13.3. The van der Waals surface area contributed by atoms with Crippen molar-refractivity contribution in [3.8, 4) is 0 Å². The van der Waals surface area contributed by atoms with E-state index in [0.717, 1.165) is 18.6 Å². The fourth-order valence-electron chi connectivity index (χ4n) is 3.74. The van der Waals surface area contributed by atoms with Crippen LogP contribution in [0.5, 0.6) is 0 Å². The average Bonchev–Trinajstić information content (AvgIpc) is 3.16. The molecular weight excluding hydrogens is 290 g/mol. The average molecular weight is 307 g/mol. The fourth-order valence-corrected chi connectivity index (χ4v) is 4.65. The monoisotopic (exact) mass is 307 g/mol. The van der Waals surface area contributed by atoms with Gasteiger partial charge in [0.05, 0.1) is 6.10 Å². The highest BCUT2D eigenvalue weighted by Crippen LogP contribution is 2.38. The molecule has 1 N–H and O–H groups in total. The van der Waals surface area contributed by atoms with Crippen molar-refractivity contribution in [2.24, 2.45) is 11.8 Å². The van der Waals surface area contributed by atoms with Gasteiger partial charge < -0.3 is 10.0 Å². The van der Waals surface area contributed by atoms with E-state index >= 15 is 0 Å². The lowest BCUT2D eigenvalue weighted by molar-refractivity contribution is 0.0749. The van der Waals surface area contributed by atoms with Crippen LogP contribution < -0.4 is 5.56 Å². The van der Waals surface area contributed by atoms with E-state index in [1.54, 1.807) is 21.2 Å². The van der Waals surface area contributed by atoms with Crippen LogP contribution in [0.4, 0.5) is 0 Å². The lowest BCUT2D eigenvalue weighted by atomic mass is 10.00. The number of fused-ring (bicyclic) bond motifs is 2. The Bertz CT molecular complexity index is 659. The normalized spacial score (nSPS) is 30.5. The Morgan fingerprint density at radius 3 is 3.05 bits per heavy atom. The zero-order valence-corrected chi connectivity index (χ0v) is 12.4. The molecule has 1 aromatic rings. The Balaban J connectivity index is 1.61. The van der Waals surface area contributed by atoms with Crippen molar-refractivity contribution in [2.75, 3.05) is 18.8 Å². The molecule has 2 fully saturated rings. The lowest BCUT2D eigenvalue weighted by Crippen LogP contribution is -2.36.